The van der Waals surface area contributed by atoms with E-state index in [2.05, 4.69) is 291 Å². The SMILES string of the molecule is c1ccc(-c2cc(-c3cccc(-n4c5ccc(-c6cccc7c6c6ccccc6n7-c6ccccc6)cc5c5ncccc54)c3)nc(-c3ccccc3)n2)cc1.c1ccc(-c2nc(-c3ccccc3)nc(-c3cccc(-n4c5ccc(-c6cccc7c6c6ccccc6n7-c6ccccc6)cc5c5ncccc54)c3)n2)cc1. The van der Waals surface area contributed by atoms with Crippen molar-refractivity contribution < 1.29 is 0 Å². The summed E-state index contributed by atoms with van der Waals surface area (Å²) in [6, 6.07) is 134. The average Bonchev–Trinajstić information content (AvgIpc) is 1.59. The summed E-state index contributed by atoms with van der Waals surface area (Å²) in [5.74, 6) is 2.58. The van der Waals surface area contributed by atoms with E-state index >= 15 is 0 Å². The number of rotatable bonds is 12. The highest BCUT2D eigenvalue weighted by Gasteiger charge is 2.24. The van der Waals surface area contributed by atoms with Gasteiger partial charge in [-0.05, 0) is 150 Å². The first-order valence-electron chi connectivity index (χ1n) is 37.6. The molecule has 8 heterocycles. The Kier molecular flexibility index (Phi) is 15.9. The van der Waals surface area contributed by atoms with E-state index in [1.54, 1.807) is 0 Å². The molecule has 22 aromatic rings. The molecular formula is C101H65N11. The maximum Gasteiger partial charge on any atom is 0.164 e. The van der Waals surface area contributed by atoms with Crippen LogP contribution in [0, 0.1) is 0 Å². The third-order valence-corrected chi connectivity index (χ3v) is 21.4. The van der Waals surface area contributed by atoms with Crippen LogP contribution in [0.15, 0.2) is 395 Å². The quantitative estimate of drug-likeness (QED) is 0.120. The van der Waals surface area contributed by atoms with Crippen molar-refractivity contribution in [2.75, 3.05) is 0 Å². The van der Waals surface area contributed by atoms with Crippen molar-refractivity contribution in [1.29, 1.82) is 0 Å². The fourth-order valence-electron chi connectivity index (χ4n) is 16.4. The van der Waals surface area contributed by atoms with Crippen LogP contribution in [0.2, 0.25) is 0 Å². The molecule has 22 rings (SSSR count). The van der Waals surface area contributed by atoms with Gasteiger partial charge in [-0.3, -0.25) is 9.97 Å². The van der Waals surface area contributed by atoms with Gasteiger partial charge in [0.2, 0.25) is 0 Å². The number of pyridine rings is 2. The number of hydrogen-bond donors (Lipinski definition) is 0. The molecule has 0 unspecified atom stereocenters. The topological polar surface area (TPSA) is 110 Å². The molecule has 0 N–H and O–H groups in total. The molecule has 0 spiro atoms. The van der Waals surface area contributed by atoms with Gasteiger partial charge in [0.05, 0.1) is 66.6 Å². The summed E-state index contributed by atoms with van der Waals surface area (Å²) in [7, 11) is 0. The van der Waals surface area contributed by atoms with E-state index in [0.29, 0.717) is 23.3 Å². The number of para-hydroxylation sites is 4. The molecule has 0 amide bonds. The minimum Gasteiger partial charge on any atom is -0.309 e. The zero-order valence-corrected chi connectivity index (χ0v) is 60.4. The molecule has 14 aromatic carbocycles. The second kappa shape index (κ2) is 27.5. The molecule has 112 heavy (non-hydrogen) atoms. The number of fused-ring (bicyclic) bond motifs is 12. The summed E-state index contributed by atoms with van der Waals surface area (Å²) in [5.41, 5.74) is 27.5. The van der Waals surface area contributed by atoms with Crippen molar-refractivity contribution in [2.24, 2.45) is 0 Å². The summed E-state index contributed by atoms with van der Waals surface area (Å²) >= 11 is 0. The van der Waals surface area contributed by atoms with Crippen molar-refractivity contribution in [3.8, 4) is 113 Å². The van der Waals surface area contributed by atoms with Gasteiger partial charge >= 0.3 is 0 Å². The summed E-state index contributed by atoms with van der Waals surface area (Å²) < 4.78 is 9.36. The largest absolute Gasteiger partial charge is 0.309 e. The van der Waals surface area contributed by atoms with E-state index < -0.39 is 0 Å². The predicted molar refractivity (Wildman–Crippen MR) is 458 cm³/mol. The van der Waals surface area contributed by atoms with Crippen LogP contribution in [-0.2, 0) is 0 Å². The van der Waals surface area contributed by atoms with Crippen LogP contribution >= 0.6 is 0 Å². The molecule has 0 radical (unpaired) electrons. The molecule has 0 aliphatic rings. The van der Waals surface area contributed by atoms with Crippen LogP contribution in [-0.4, -0.2) is 53.2 Å². The Balaban J connectivity index is 0.000000141. The maximum atomic E-state index is 5.12. The summed E-state index contributed by atoms with van der Waals surface area (Å²) in [6.45, 7) is 0. The Hall–Kier alpha value is -15.3. The molecule has 0 saturated heterocycles. The Labute approximate surface area is 644 Å². The zero-order chi connectivity index (χ0) is 74.0. The van der Waals surface area contributed by atoms with Crippen molar-refractivity contribution in [3.05, 3.63) is 395 Å². The molecule has 11 heteroatoms. The second-order valence-electron chi connectivity index (χ2n) is 28.0. The standard InChI is InChI=1S/C51H33N5.C50H32N6/c1-4-15-34(16-5-1)43-33-44(54-51(53-43)35-17-6-2-7-18-35)37-19-12-22-39(31-37)56-46-29-28-36(32-42(46)50-48(56)27-14-30-52-50)40-24-13-26-47-49(40)41-23-10-11-25-45(41)55(47)38-20-8-3-9-21-38;1-4-15-33(16-5-1)48-52-49(34-17-6-2-7-18-34)54-50(53-48)36-19-12-22-38(31-36)56-43-29-28-35(32-41(43)47-45(56)27-14-30-51-47)39-24-13-26-44-46(39)40-23-10-11-25-42(40)55(44)37-20-8-3-9-21-37/h1-33H;1-32H. The molecular weight excluding hydrogens is 1370 g/mol. The molecule has 11 nitrogen and oxygen atoms in total. The van der Waals surface area contributed by atoms with E-state index in [1.165, 1.54) is 54.7 Å². The van der Waals surface area contributed by atoms with Gasteiger partial charge in [-0.25, -0.2) is 24.9 Å². The minimum absolute atomic E-state index is 0.614. The summed E-state index contributed by atoms with van der Waals surface area (Å²) in [5, 5.41) is 7.12. The van der Waals surface area contributed by atoms with Gasteiger partial charge in [0.25, 0.3) is 0 Å². The molecule has 0 bridgehead atoms. The van der Waals surface area contributed by atoms with E-state index in [1.807, 2.05) is 122 Å². The lowest BCUT2D eigenvalue weighted by Gasteiger charge is -2.12. The normalized spacial score (nSPS) is 11.6. The van der Waals surface area contributed by atoms with E-state index in [4.69, 9.17) is 34.9 Å². The highest BCUT2D eigenvalue weighted by atomic mass is 15.0. The molecule has 0 saturated carbocycles. The first-order valence-corrected chi connectivity index (χ1v) is 37.6. The molecule has 0 aliphatic heterocycles. The Morgan fingerprint density at radius 1 is 0.179 bits per heavy atom. The van der Waals surface area contributed by atoms with Crippen LogP contribution in [0.25, 0.3) is 201 Å². The first kappa shape index (κ1) is 65.0. The van der Waals surface area contributed by atoms with E-state index in [9.17, 15) is 0 Å². The lowest BCUT2D eigenvalue weighted by molar-refractivity contribution is 1.07. The van der Waals surface area contributed by atoms with Gasteiger partial charge in [0, 0.05) is 101 Å². The lowest BCUT2D eigenvalue weighted by Crippen LogP contribution is -2.01. The zero-order valence-electron chi connectivity index (χ0n) is 60.4. The summed E-state index contributed by atoms with van der Waals surface area (Å²) in [4.78, 5) is 35.0. The van der Waals surface area contributed by atoms with Gasteiger partial charge in [0.1, 0.15) is 0 Å². The minimum atomic E-state index is 0.614. The molecule has 8 aromatic heterocycles. The first-order chi connectivity index (χ1) is 55.6. The molecule has 0 fully saturated rings. The second-order valence-corrected chi connectivity index (χ2v) is 28.0. The fraction of sp³-hybridized carbons (Fsp3) is 0. The lowest BCUT2D eigenvalue weighted by atomic mass is 9.98. The molecule has 524 valence electrons. The van der Waals surface area contributed by atoms with Crippen LogP contribution in [0.5, 0.6) is 0 Å². The van der Waals surface area contributed by atoms with Crippen LogP contribution in [0.4, 0.5) is 0 Å². The van der Waals surface area contributed by atoms with Crippen LogP contribution < -0.4 is 0 Å². The van der Waals surface area contributed by atoms with Gasteiger partial charge < -0.3 is 18.3 Å². The third-order valence-electron chi connectivity index (χ3n) is 21.4. The van der Waals surface area contributed by atoms with Crippen molar-refractivity contribution >= 4 is 87.5 Å². The number of aromatic nitrogens is 11. The van der Waals surface area contributed by atoms with Gasteiger partial charge in [-0.2, -0.15) is 0 Å². The predicted octanol–water partition coefficient (Wildman–Crippen LogP) is 24.9. The molecule has 0 atom stereocenters. The monoisotopic (exact) mass is 1430 g/mol. The van der Waals surface area contributed by atoms with Crippen LogP contribution in [0.3, 0.4) is 0 Å². The number of hydrogen-bond acceptors (Lipinski definition) is 7. The van der Waals surface area contributed by atoms with E-state index in [-0.39, 0.29) is 0 Å². The van der Waals surface area contributed by atoms with Crippen molar-refractivity contribution in [2.45, 2.75) is 0 Å². The maximum absolute atomic E-state index is 5.12. The Morgan fingerprint density at radius 2 is 0.500 bits per heavy atom. The number of benzene rings is 14. The van der Waals surface area contributed by atoms with Gasteiger partial charge in [-0.1, -0.05) is 255 Å². The highest BCUT2D eigenvalue weighted by Crippen LogP contribution is 2.44. The van der Waals surface area contributed by atoms with Crippen molar-refractivity contribution in [1.82, 2.24) is 53.2 Å². The number of nitrogens with zero attached hydrogens (tertiary/aromatic N) is 11. The third kappa shape index (κ3) is 11.3. The van der Waals surface area contributed by atoms with Crippen molar-refractivity contribution in [3.63, 3.8) is 0 Å². The fourth-order valence-corrected chi connectivity index (χ4v) is 16.4. The Bertz CT molecular complexity index is 6800. The van der Waals surface area contributed by atoms with Gasteiger partial charge in [0.15, 0.2) is 23.3 Å². The molecule has 0 aliphatic carbocycles. The van der Waals surface area contributed by atoms with E-state index in [0.717, 1.165) is 123 Å². The summed E-state index contributed by atoms with van der Waals surface area (Å²) in [6.07, 6.45) is 3.77. The van der Waals surface area contributed by atoms with Crippen LogP contribution in [0.1, 0.15) is 0 Å². The highest BCUT2D eigenvalue weighted by molar-refractivity contribution is 6.19. The Morgan fingerprint density at radius 3 is 0.964 bits per heavy atom. The smallest absolute Gasteiger partial charge is 0.164 e. The van der Waals surface area contributed by atoms with Gasteiger partial charge in [-0.15, -0.1) is 0 Å². The average molecular weight is 1430 g/mol.